The Balaban J connectivity index is 1.53. The van der Waals surface area contributed by atoms with E-state index in [2.05, 4.69) is 5.32 Å². The van der Waals surface area contributed by atoms with Gasteiger partial charge in [0.25, 0.3) is 0 Å². The molecule has 0 saturated carbocycles. The molecule has 2 heterocycles. The van der Waals surface area contributed by atoms with E-state index in [0.717, 1.165) is 37.8 Å². The summed E-state index contributed by atoms with van der Waals surface area (Å²) in [6.07, 6.45) is 3.84. The molecule has 3 rings (SSSR count). The number of amides is 1. The van der Waals surface area contributed by atoms with Crippen LogP contribution in [0.15, 0.2) is 24.3 Å². The second-order valence-corrected chi connectivity index (χ2v) is 8.51. The van der Waals surface area contributed by atoms with Gasteiger partial charge in [-0.3, -0.25) is 0 Å². The van der Waals surface area contributed by atoms with Gasteiger partial charge in [0.05, 0.1) is 12.7 Å². The molecule has 2 unspecified atom stereocenters. The zero-order chi connectivity index (χ0) is 19.6. The summed E-state index contributed by atoms with van der Waals surface area (Å²) in [5.41, 5.74) is 1.23. The molecule has 2 aliphatic heterocycles. The van der Waals surface area contributed by atoms with Crippen LogP contribution in [0.1, 0.15) is 62.4 Å². The van der Waals surface area contributed by atoms with Gasteiger partial charge in [-0.05, 0) is 64.2 Å². The van der Waals surface area contributed by atoms with E-state index in [9.17, 15) is 9.59 Å². The molecule has 0 aromatic heterocycles. The number of nitrogens with zero attached hydrogens (tertiary/aromatic N) is 1. The van der Waals surface area contributed by atoms with Crippen molar-refractivity contribution in [3.05, 3.63) is 35.4 Å². The molecule has 27 heavy (non-hydrogen) atoms. The fourth-order valence-corrected chi connectivity index (χ4v) is 4.10. The van der Waals surface area contributed by atoms with Crippen molar-refractivity contribution in [1.29, 1.82) is 0 Å². The van der Waals surface area contributed by atoms with Crippen molar-refractivity contribution in [1.82, 2.24) is 10.2 Å². The van der Waals surface area contributed by atoms with Crippen LogP contribution < -0.4 is 5.32 Å². The lowest BCUT2D eigenvalue weighted by Crippen LogP contribution is -2.52. The second kappa shape index (κ2) is 7.89. The van der Waals surface area contributed by atoms with Gasteiger partial charge in [0.15, 0.2) is 0 Å². The number of fused-ring (bicyclic) bond motifs is 2. The van der Waals surface area contributed by atoms with Crippen LogP contribution in [-0.4, -0.2) is 47.8 Å². The normalized spacial score (nSPS) is 24.6. The van der Waals surface area contributed by atoms with E-state index in [1.807, 2.05) is 37.8 Å². The van der Waals surface area contributed by atoms with Crippen molar-refractivity contribution in [2.24, 2.45) is 0 Å². The Labute approximate surface area is 161 Å². The fraction of sp³-hybridized carbons (Fsp3) is 0.619. The van der Waals surface area contributed by atoms with Crippen molar-refractivity contribution < 1.29 is 19.1 Å². The molecule has 148 valence electrons. The topological polar surface area (TPSA) is 67.9 Å². The molecule has 0 spiro atoms. The number of hydrogen-bond donors (Lipinski definition) is 1. The maximum absolute atomic E-state index is 12.5. The van der Waals surface area contributed by atoms with Gasteiger partial charge in [-0.1, -0.05) is 12.1 Å². The summed E-state index contributed by atoms with van der Waals surface area (Å²) in [5, 5.41) is 3.61. The molecule has 2 aliphatic rings. The van der Waals surface area contributed by atoms with Gasteiger partial charge in [0.1, 0.15) is 5.60 Å². The van der Waals surface area contributed by atoms with Crippen molar-refractivity contribution in [2.75, 3.05) is 7.11 Å². The number of methoxy groups -OCH3 is 1. The van der Waals surface area contributed by atoms with Crippen molar-refractivity contribution in [3.63, 3.8) is 0 Å². The number of esters is 1. The van der Waals surface area contributed by atoms with E-state index in [0.29, 0.717) is 11.6 Å². The Morgan fingerprint density at radius 1 is 1.11 bits per heavy atom. The SMILES string of the molecule is COC(=O)c1ccc(CNC2CC3CCC(C2)N3C(=O)OC(C)(C)C)cc1. The van der Waals surface area contributed by atoms with Crippen LogP contribution in [0.5, 0.6) is 0 Å². The maximum Gasteiger partial charge on any atom is 0.410 e. The highest BCUT2D eigenvalue weighted by atomic mass is 16.6. The van der Waals surface area contributed by atoms with Gasteiger partial charge >= 0.3 is 12.1 Å². The molecule has 1 amide bonds. The number of carbonyl (C=O) groups excluding carboxylic acids is 2. The van der Waals surface area contributed by atoms with E-state index in [1.54, 1.807) is 12.1 Å². The second-order valence-electron chi connectivity index (χ2n) is 8.51. The lowest BCUT2D eigenvalue weighted by molar-refractivity contribution is 0.00464. The minimum Gasteiger partial charge on any atom is -0.465 e. The predicted octanol–water partition coefficient (Wildman–Crippen LogP) is 3.49. The lowest BCUT2D eigenvalue weighted by Gasteiger charge is -2.39. The first-order valence-electron chi connectivity index (χ1n) is 9.69. The third kappa shape index (κ3) is 4.80. The zero-order valence-electron chi connectivity index (χ0n) is 16.7. The quantitative estimate of drug-likeness (QED) is 0.817. The van der Waals surface area contributed by atoms with Gasteiger partial charge in [0, 0.05) is 24.7 Å². The summed E-state index contributed by atoms with van der Waals surface area (Å²) in [7, 11) is 1.38. The Morgan fingerprint density at radius 3 is 2.22 bits per heavy atom. The Kier molecular flexibility index (Phi) is 5.75. The Hall–Kier alpha value is -2.08. The minimum absolute atomic E-state index is 0.174. The summed E-state index contributed by atoms with van der Waals surface area (Å²) in [6.45, 7) is 6.48. The number of nitrogens with one attached hydrogen (secondary N) is 1. The van der Waals surface area contributed by atoms with E-state index >= 15 is 0 Å². The first-order chi connectivity index (χ1) is 12.8. The molecule has 1 N–H and O–H groups in total. The smallest absolute Gasteiger partial charge is 0.410 e. The number of ether oxygens (including phenoxy) is 2. The highest BCUT2D eigenvalue weighted by Crippen LogP contribution is 2.36. The number of hydrogen-bond acceptors (Lipinski definition) is 5. The van der Waals surface area contributed by atoms with E-state index < -0.39 is 5.60 Å². The summed E-state index contributed by atoms with van der Waals surface area (Å²) < 4.78 is 10.3. The van der Waals surface area contributed by atoms with Gasteiger partial charge in [-0.15, -0.1) is 0 Å². The third-order valence-electron chi connectivity index (χ3n) is 5.31. The van der Waals surface area contributed by atoms with Crippen LogP contribution in [0.25, 0.3) is 0 Å². The monoisotopic (exact) mass is 374 g/mol. The van der Waals surface area contributed by atoms with Crippen molar-refractivity contribution >= 4 is 12.1 Å². The summed E-state index contributed by atoms with van der Waals surface area (Å²) in [4.78, 5) is 26.0. The molecule has 0 radical (unpaired) electrons. The number of carbonyl (C=O) groups is 2. The van der Waals surface area contributed by atoms with E-state index in [4.69, 9.17) is 9.47 Å². The average Bonchev–Trinajstić information content (AvgIpc) is 2.89. The van der Waals surface area contributed by atoms with E-state index in [1.165, 1.54) is 7.11 Å². The standard InChI is InChI=1S/C21H30N2O4/c1-21(2,3)27-20(25)23-17-9-10-18(23)12-16(11-17)22-13-14-5-7-15(8-6-14)19(24)26-4/h5-8,16-18,22H,9-13H2,1-4H3. The predicted molar refractivity (Wildman–Crippen MR) is 103 cm³/mol. The first-order valence-corrected chi connectivity index (χ1v) is 9.69. The number of rotatable bonds is 4. The third-order valence-corrected chi connectivity index (χ3v) is 5.31. The van der Waals surface area contributed by atoms with Gasteiger partial charge < -0.3 is 19.7 Å². The van der Waals surface area contributed by atoms with Crippen LogP contribution >= 0.6 is 0 Å². The first kappa shape index (κ1) is 19.7. The molecule has 2 saturated heterocycles. The molecule has 0 aliphatic carbocycles. The van der Waals surface area contributed by atoms with Crippen LogP contribution in [0, 0.1) is 0 Å². The van der Waals surface area contributed by atoms with Crippen LogP contribution in [0.4, 0.5) is 4.79 Å². The van der Waals surface area contributed by atoms with Crippen molar-refractivity contribution in [3.8, 4) is 0 Å². The van der Waals surface area contributed by atoms with Gasteiger partial charge in [-0.25, -0.2) is 9.59 Å². The molecule has 2 fully saturated rings. The molecule has 6 heteroatoms. The molecule has 6 nitrogen and oxygen atoms in total. The molecule has 1 aromatic rings. The number of piperidine rings is 1. The van der Waals surface area contributed by atoms with Crippen LogP contribution in [0.2, 0.25) is 0 Å². The van der Waals surface area contributed by atoms with E-state index in [-0.39, 0.29) is 24.1 Å². The van der Waals surface area contributed by atoms with Crippen LogP contribution in [0.3, 0.4) is 0 Å². The Morgan fingerprint density at radius 2 is 1.70 bits per heavy atom. The zero-order valence-corrected chi connectivity index (χ0v) is 16.7. The van der Waals surface area contributed by atoms with Crippen molar-refractivity contribution in [2.45, 2.75) is 76.7 Å². The average molecular weight is 374 g/mol. The molecule has 2 bridgehead atoms. The Bertz CT molecular complexity index is 666. The van der Waals surface area contributed by atoms with Gasteiger partial charge in [-0.2, -0.15) is 0 Å². The van der Waals surface area contributed by atoms with Crippen LogP contribution in [-0.2, 0) is 16.0 Å². The summed E-state index contributed by atoms with van der Waals surface area (Å²) in [6, 6.07) is 8.39. The molecule has 2 atom stereocenters. The molecular formula is C21H30N2O4. The highest BCUT2D eigenvalue weighted by Gasteiger charge is 2.44. The number of benzene rings is 1. The fourth-order valence-electron chi connectivity index (χ4n) is 4.10. The summed E-state index contributed by atoms with van der Waals surface area (Å²) in [5.74, 6) is -0.319. The summed E-state index contributed by atoms with van der Waals surface area (Å²) >= 11 is 0. The molecular weight excluding hydrogens is 344 g/mol. The largest absolute Gasteiger partial charge is 0.465 e. The molecule has 1 aromatic carbocycles. The lowest BCUT2D eigenvalue weighted by atomic mass is 9.97. The minimum atomic E-state index is -0.456. The highest BCUT2D eigenvalue weighted by molar-refractivity contribution is 5.89. The maximum atomic E-state index is 12.5. The van der Waals surface area contributed by atoms with Gasteiger partial charge in [0.2, 0.25) is 0 Å².